The normalized spacial score (nSPS) is 9.82. The first-order valence-electron chi connectivity index (χ1n) is 3.37. The van der Waals surface area contributed by atoms with Crippen LogP contribution in [0.3, 0.4) is 0 Å². The van der Waals surface area contributed by atoms with Gasteiger partial charge in [0.05, 0.1) is 6.26 Å². The maximum atomic E-state index is 10.7. The quantitative estimate of drug-likeness (QED) is 0.373. The lowest BCUT2D eigenvalue weighted by molar-refractivity contribution is -0.142. The zero-order valence-electron chi connectivity index (χ0n) is 6.32. The van der Waals surface area contributed by atoms with Crippen LogP contribution in [0.5, 0.6) is 0 Å². The fourth-order valence-electron chi connectivity index (χ4n) is 0.476. The molecule has 0 aromatic carbocycles. The Kier molecular flexibility index (Phi) is 6.08. The molecule has 0 amide bonds. The minimum absolute atomic E-state index is 0.131. The fraction of sp³-hybridized carbons (Fsp3) is 0.375. The highest BCUT2D eigenvalue weighted by atomic mass is 16.5. The van der Waals surface area contributed by atoms with Crippen LogP contribution in [0.15, 0.2) is 25.0 Å². The summed E-state index contributed by atoms with van der Waals surface area (Å²) in [5, 5.41) is 8.17. The van der Waals surface area contributed by atoms with Crippen molar-refractivity contribution in [3.05, 3.63) is 25.0 Å². The number of esters is 1. The average Bonchev–Trinajstić information content (AvgIpc) is 2.01. The Bertz CT molecular complexity index is 149. The van der Waals surface area contributed by atoms with Crippen molar-refractivity contribution in [1.82, 2.24) is 0 Å². The minimum Gasteiger partial charge on any atom is -0.516 e. The van der Waals surface area contributed by atoms with Crippen molar-refractivity contribution >= 4 is 5.97 Å². The maximum Gasteiger partial charge on any atom is 0.306 e. The lowest BCUT2D eigenvalue weighted by Crippen LogP contribution is -2.03. The summed E-state index contributed by atoms with van der Waals surface area (Å²) in [6, 6.07) is 0. The molecule has 0 rings (SSSR count). The number of ether oxygens (including phenoxy) is 1. The first kappa shape index (κ1) is 9.75. The van der Waals surface area contributed by atoms with Gasteiger partial charge in [0.2, 0.25) is 0 Å². The number of carbonyl (C=O) groups excluding carboxylic acids is 1. The standard InChI is InChI=1S/C8H12O3/c1-2-3-5-8(10)11-7-4-6-9/h2,4,6,9H,1,3,5,7H2. The molecule has 0 aliphatic carbocycles. The van der Waals surface area contributed by atoms with Crippen LogP contribution in [0.2, 0.25) is 0 Å². The Morgan fingerprint density at radius 3 is 2.91 bits per heavy atom. The lowest BCUT2D eigenvalue weighted by Gasteiger charge is -1.97. The Morgan fingerprint density at radius 2 is 2.36 bits per heavy atom. The second-order valence-electron chi connectivity index (χ2n) is 1.90. The molecule has 11 heavy (non-hydrogen) atoms. The molecule has 3 heteroatoms. The van der Waals surface area contributed by atoms with E-state index in [1.54, 1.807) is 6.08 Å². The van der Waals surface area contributed by atoms with Crippen molar-refractivity contribution < 1.29 is 14.6 Å². The Balaban J connectivity index is 3.29. The molecule has 62 valence electrons. The van der Waals surface area contributed by atoms with Gasteiger partial charge < -0.3 is 9.84 Å². The summed E-state index contributed by atoms with van der Waals surface area (Å²) in [5.74, 6) is -0.275. The Labute approximate surface area is 66.0 Å². The van der Waals surface area contributed by atoms with E-state index in [2.05, 4.69) is 11.3 Å². The van der Waals surface area contributed by atoms with E-state index in [0.29, 0.717) is 12.8 Å². The number of aliphatic hydroxyl groups is 1. The van der Waals surface area contributed by atoms with Gasteiger partial charge in [0.1, 0.15) is 6.61 Å². The third-order valence-corrected chi connectivity index (χ3v) is 0.999. The van der Waals surface area contributed by atoms with E-state index in [0.717, 1.165) is 6.26 Å². The number of rotatable bonds is 5. The van der Waals surface area contributed by atoms with Crippen LogP contribution in [-0.4, -0.2) is 17.7 Å². The zero-order valence-corrected chi connectivity index (χ0v) is 6.32. The summed E-state index contributed by atoms with van der Waals surface area (Å²) in [7, 11) is 0. The van der Waals surface area contributed by atoms with Gasteiger partial charge in [-0.3, -0.25) is 4.79 Å². The molecule has 1 N–H and O–H groups in total. The topological polar surface area (TPSA) is 46.5 Å². The molecular formula is C8H12O3. The third kappa shape index (κ3) is 6.64. The van der Waals surface area contributed by atoms with Gasteiger partial charge in [-0.05, 0) is 12.5 Å². The SMILES string of the molecule is C=CCCC(=O)OCC=CO. The number of carbonyl (C=O) groups is 1. The molecule has 0 aliphatic heterocycles. The van der Waals surface area contributed by atoms with Crippen LogP contribution in [0, 0.1) is 0 Å². The number of hydrogen-bond donors (Lipinski definition) is 1. The highest BCUT2D eigenvalue weighted by molar-refractivity contribution is 5.69. The summed E-state index contributed by atoms with van der Waals surface area (Å²) in [5.41, 5.74) is 0. The molecule has 0 aromatic rings. The Hall–Kier alpha value is -1.25. The van der Waals surface area contributed by atoms with Gasteiger partial charge in [0, 0.05) is 6.42 Å². The summed E-state index contributed by atoms with van der Waals surface area (Å²) in [6.07, 6.45) is 4.83. The molecule has 0 bridgehead atoms. The van der Waals surface area contributed by atoms with Crippen molar-refractivity contribution in [2.24, 2.45) is 0 Å². The molecule has 0 saturated heterocycles. The van der Waals surface area contributed by atoms with Crippen LogP contribution < -0.4 is 0 Å². The van der Waals surface area contributed by atoms with E-state index in [1.165, 1.54) is 6.08 Å². The van der Waals surface area contributed by atoms with Gasteiger partial charge in [0.15, 0.2) is 0 Å². The van der Waals surface area contributed by atoms with Gasteiger partial charge in [-0.1, -0.05) is 6.08 Å². The molecule has 0 atom stereocenters. The van der Waals surface area contributed by atoms with Crippen LogP contribution in [0.1, 0.15) is 12.8 Å². The van der Waals surface area contributed by atoms with Crippen LogP contribution >= 0.6 is 0 Å². The number of hydrogen-bond acceptors (Lipinski definition) is 3. The van der Waals surface area contributed by atoms with Crippen LogP contribution in [0.4, 0.5) is 0 Å². The summed E-state index contributed by atoms with van der Waals surface area (Å²) < 4.78 is 4.65. The second-order valence-corrected chi connectivity index (χ2v) is 1.90. The van der Waals surface area contributed by atoms with Gasteiger partial charge in [0.25, 0.3) is 0 Å². The highest BCUT2D eigenvalue weighted by Crippen LogP contribution is 1.92. The molecule has 0 fully saturated rings. The van der Waals surface area contributed by atoms with Crippen molar-refractivity contribution in [1.29, 1.82) is 0 Å². The van der Waals surface area contributed by atoms with Crippen molar-refractivity contribution in [2.75, 3.05) is 6.61 Å². The van der Waals surface area contributed by atoms with E-state index in [9.17, 15) is 4.79 Å². The molecular weight excluding hydrogens is 144 g/mol. The lowest BCUT2D eigenvalue weighted by atomic mass is 10.3. The Morgan fingerprint density at radius 1 is 1.64 bits per heavy atom. The maximum absolute atomic E-state index is 10.7. The predicted octanol–water partition coefficient (Wildman–Crippen LogP) is 1.57. The molecule has 0 radical (unpaired) electrons. The molecule has 0 aliphatic rings. The summed E-state index contributed by atoms with van der Waals surface area (Å²) >= 11 is 0. The van der Waals surface area contributed by atoms with E-state index in [4.69, 9.17) is 5.11 Å². The third-order valence-electron chi connectivity index (χ3n) is 0.999. The first-order chi connectivity index (χ1) is 5.31. The zero-order chi connectivity index (χ0) is 8.53. The van der Waals surface area contributed by atoms with Gasteiger partial charge in [-0.2, -0.15) is 0 Å². The van der Waals surface area contributed by atoms with Gasteiger partial charge in [-0.25, -0.2) is 0 Å². The highest BCUT2D eigenvalue weighted by Gasteiger charge is 1.97. The average molecular weight is 156 g/mol. The molecule has 0 heterocycles. The van der Waals surface area contributed by atoms with E-state index >= 15 is 0 Å². The molecule has 0 aromatic heterocycles. The molecule has 0 unspecified atom stereocenters. The largest absolute Gasteiger partial charge is 0.516 e. The van der Waals surface area contributed by atoms with E-state index in [1.807, 2.05) is 0 Å². The first-order valence-corrected chi connectivity index (χ1v) is 3.37. The van der Waals surface area contributed by atoms with E-state index in [-0.39, 0.29) is 12.6 Å². The van der Waals surface area contributed by atoms with Crippen molar-refractivity contribution in [3.8, 4) is 0 Å². The fourth-order valence-corrected chi connectivity index (χ4v) is 0.476. The molecule has 3 nitrogen and oxygen atoms in total. The van der Waals surface area contributed by atoms with Gasteiger partial charge in [-0.15, -0.1) is 6.58 Å². The van der Waals surface area contributed by atoms with Gasteiger partial charge >= 0.3 is 5.97 Å². The number of allylic oxidation sites excluding steroid dienone is 1. The van der Waals surface area contributed by atoms with E-state index < -0.39 is 0 Å². The summed E-state index contributed by atoms with van der Waals surface area (Å²) in [4.78, 5) is 10.7. The van der Waals surface area contributed by atoms with Crippen LogP contribution in [-0.2, 0) is 9.53 Å². The minimum atomic E-state index is -0.275. The van der Waals surface area contributed by atoms with Crippen molar-refractivity contribution in [2.45, 2.75) is 12.8 Å². The van der Waals surface area contributed by atoms with Crippen LogP contribution in [0.25, 0.3) is 0 Å². The smallest absolute Gasteiger partial charge is 0.306 e. The second kappa shape index (κ2) is 6.86. The number of aliphatic hydroxyl groups excluding tert-OH is 1. The monoisotopic (exact) mass is 156 g/mol. The molecule has 0 spiro atoms. The van der Waals surface area contributed by atoms with Crippen molar-refractivity contribution in [3.63, 3.8) is 0 Å². The molecule has 0 saturated carbocycles. The predicted molar refractivity (Wildman–Crippen MR) is 42.2 cm³/mol. The summed E-state index contributed by atoms with van der Waals surface area (Å²) in [6.45, 7) is 3.60.